The molecule has 1 fully saturated rings. The highest BCUT2D eigenvalue weighted by Gasteiger charge is 2.54. The summed E-state index contributed by atoms with van der Waals surface area (Å²) in [5.74, 6) is -0.0441. The number of halogens is 1. The summed E-state index contributed by atoms with van der Waals surface area (Å²) in [5.41, 5.74) is 2.05. The van der Waals surface area contributed by atoms with Gasteiger partial charge in [0.25, 0.3) is 0 Å². The molecule has 0 atom stereocenters. The van der Waals surface area contributed by atoms with Gasteiger partial charge in [-0.1, -0.05) is 15.9 Å². The molecular formula is C13H15BrO3. The van der Waals surface area contributed by atoms with Crippen molar-refractivity contribution in [2.24, 2.45) is 0 Å². The van der Waals surface area contributed by atoms with E-state index in [2.05, 4.69) is 15.9 Å². The third-order valence-corrected chi connectivity index (χ3v) is 4.33. The van der Waals surface area contributed by atoms with Crippen LogP contribution in [0.15, 0.2) is 10.5 Å². The highest BCUT2D eigenvalue weighted by atomic mass is 79.9. The molecule has 1 saturated carbocycles. The third-order valence-electron chi connectivity index (χ3n) is 3.51. The van der Waals surface area contributed by atoms with Gasteiger partial charge in [-0.25, -0.2) is 0 Å². The van der Waals surface area contributed by atoms with Crippen molar-refractivity contribution in [1.29, 1.82) is 0 Å². The Morgan fingerprint density at radius 1 is 1.47 bits per heavy atom. The van der Waals surface area contributed by atoms with E-state index in [0.29, 0.717) is 18.6 Å². The average molecular weight is 299 g/mol. The summed E-state index contributed by atoms with van der Waals surface area (Å²) in [6, 6.07) is 1.97. The predicted octanol–water partition coefficient (Wildman–Crippen LogP) is 3.19. The number of hydrogen-bond acceptors (Lipinski definition) is 2. The van der Waals surface area contributed by atoms with E-state index in [1.165, 1.54) is 0 Å². The summed E-state index contributed by atoms with van der Waals surface area (Å²) in [7, 11) is 1.59. The van der Waals surface area contributed by atoms with E-state index in [-0.39, 0.29) is 0 Å². The van der Waals surface area contributed by atoms with Gasteiger partial charge >= 0.3 is 5.97 Å². The highest BCUT2D eigenvalue weighted by molar-refractivity contribution is 9.10. The van der Waals surface area contributed by atoms with Gasteiger partial charge in [0, 0.05) is 15.6 Å². The molecule has 17 heavy (non-hydrogen) atoms. The van der Waals surface area contributed by atoms with Crippen molar-refractivity contribution in [2.45, 2.75) is 32.1 Å². The minimum atomic E-state index is -0.749. The second kappa shape index (κ2) is 4.02. The molecule has 0 saturated heterocycles. The number of aliphatic carboxylic acids is 1. The lowest BCUT2D eigenvalue weighted by molar-refractivity contribution is -0.140. The molecular weight excluding hydrogens is 284 g/mol. The summed E-state index contributed by atoms with van der Waals surface area (Å²) in [6.07, 6.45) is 1.39. The molecule has 1 aliphatic rings. The quantitative estimate of drug-likeness (QED) is 0.932. The van der Waals surface area contributed by atoms with Crippen LogP contribution in [0.3, 0.4) is 0 Å². The molecule has 0 unspecified atom stereocenters. The molecule has 1 aromatic rings. The summed E-state index contributed by atoms with van der Waals surface area (Å²) in [5, 5.41) is 9.39. The lowest BCUT2D eigenvalue weighted by Gasteiger charge is -2.20. The van der Waals surface area contributed by atoms with Crippen LogP contribution < -0.4 is 4.74 Å². The number of hydrogen-bond donors (Lipinski definition) is 1. The maximum absolute atomic E-state index is 11.4. The largest absolute Gasteiger partial charge is 0.496 e. The Morgan fingerprint density at radius 3 is 2.47 bits per heavy atom. The van der Waals surface area contributed by atoms with Crippen LogP contribution in [0.25, 0.3) is 0 Å². The molecule has 0 spiro atoms. The van der Waals surface area contributed by atoms with Crippen LogP contribution in [0.2, 0.25) is 0 Å². The number of rotatable bonds is 3. The topological polar surface area (TPSA) is 46.5 Å². The second-order valence-corrected chi connectivity index (χ2v) is 5.45. The van der Waals surface area contributed by atoms with Crippen LogP contribution in [0, 0.1) is 13.8 Å². The zero-order valence-electron chi connectivity index (χ0n) is 10.1. The van der Waals surface area contributed by atoms with E-state index in [1.807, 2.05) is 19.9 Å². The molecule has 3 nitrogen and oxygen atoms in total. The third kappa shape index (κ3) is 1.75. The fourth-order valence-electron chi connectivity index (χ4n) is 2.39. The van der Waals surface area contributed by atoms with Crippen molar-refractivity contribution in [1.82, 2.24) is 0 Å². The first-order valence-corrected chi connectivity index (χ1v) is 6.31. The van der Waals surface area contributed by atoms with Crippen LogP contribution in [-0.2, 0) is 10.2 Å². The zero-order valence-corrected chi connectivity index (χ0v) is 11.7. The minimum absolute atomic E-state index is 0.695. The first-order chi connectivity index (χ1) is 7.94. The molecule has 0 amide bonds. The summed E-state index contributed by atoms with van der Waals surface area (Å²) < 4.78 is 6.38. The number of methoxy groups -OCH3 is 1. The lowest BCUT2D eigenvalue weighted by atomic mass is 9.89. The Balaban J connectivity index is 2.69. The number of carboxylic acid groups (broad SMARTS) is 1. The Kier molecular flexibility index (Phi) is 2.94. The monoisotopic (exact) mass is 298 g/mol. The fourth-order valence-corrected chi connectivity index (χ4v) is 2.91. The molecule has 2 rings (SSSR count). The lowest BCUT2D eigenvalue weighted by Crippen LogP contribution is -2.22. The number of benzene rings is 1. The van der Waals surface area contributed by atoms with Gasteiger partial charge in [-0.15, -0.1) is 0 Å². The van der Waals surface area contributed by atoms with Gasteiger partial charge in [0.2, 0.25) is 0 Å². The second-order valence-electron chi connectivity index (χ2n) is 4.60. The van der Waals surface area contributed by atoms with E-state index >= 15 is 0 Å². The van der Waals surface area contributed by atoms with Crippen molar-refractivity contribution in [3.05, 3.63) is 27.2 Å². The van der Waals surface area contributed by atoms with Crippen molar-refractivity contribution in [3.63, 3.8) is 0 Å². The summed E-state index contributed by atoms with van der Waals surface area (Å²) in [6.45, 7) is 3.87. The van der Waals surface area contributed by atoms with Gasteiger partial charge in [0.1, 0.15) is 5.75 Å². The van der Waals surface area contributed by atoms with Crippen LogP contribution in [-0.4, -0.2) is 18.2 Å². The maximum Gasteiger partial charge on any atom is 0.314 e. The van der Waals surface area contributed by atoms with Crippen molar-refractivity contribution < 1.29 is 14.6 Å². The van der Waals surface area contributed by atoms with Gasteiger partial charge in [0.15, 0.2) is 0 Å². The molecule has 0 heterocycles. The van der Waals surface area contributed by atoms with Gasteiger partial charge in [-0.2, -0.15) is 0 Å². The SMILES string of the molecule is COc1c(C)c(Br)cc(C)c1C1(C(=O)O)CC1. The minimum Gasteiger partial charge on any atom is -0.496 e. The zero-order chi connectivity index (χ0) is 12.8. The van der Waals surface area contributed by atoms with Gasteiger partial charge in [-0.05, 0) is 38.3 Å². The normalized spacial score (nSPS) is 16.7. The predicted molar refractivity (Wildman–Crippen MR) is 68.7 cm³/mol. The molecule has 92 valence electrons. The van der Waals surface area contributed by atoms with E-state index in [0.717, 1.165) is 21.2 Å². The average Bonchev–Trinajstić information content (AvgIpc) is 3.04. The first-order valence-electron chi connectivity index (χ1n) is 5.51. The first kappa shape index (κ1) is 12.4. The smallest absolute Gasteiger partial charge is 0.314 e. The van der Waals surface area contributed by atoms with Crippen LogP contribution in [0.1, 0.15) is 29.5 Å². The van der Waals surface area contributed by atoms with Gasteiger partial charge in [0.05, 0.1) is 12.5 Å². The van der Waals surface area contributed by atoms with Crippen molar-refractivity contribution >= 4 is 21.9 Å². The van der Waals surface area contributed by atoms with Crippen LogP contribution in [0.4, 0.5) is 0 Å². The molecule has 0 radical (unpaired) electrons. The van der Waals surface area contributed by atoms with Gasteiger partial charge < -0.3 is 9.84 Å². The van der Waals surface area contributed by atoms with Crippen LogP contribution in [0.5, 0.6) is 5.75 Å². The Morgan fingerprint density at radius 2 is 2.06 bits per heavy atom. The van der Waals surface area contributed by atoms with E-state index in [4.69, 9.17) is 4.74 Å². The van der Waals surface area contributed by atoms with Crippen molar-refractivity contribution in [2.75, 3.05) is 7.11 Å². The molecule has 1 N–H and O–H groups in total. The van der Waals surface area contributed by atoms with E-state index < -0.39 is 11.4 Å². The maximum atomic E-state index is 11.4. The number of carboxylic acids is 1. The summed E-state index contributed by atoms with van der Waals surface area (Å²) in [4.78, 5) is 11.4. The van der Waals surface area contributed by atoms with E-state index in [9.17, 15) is 9.90 Å². The number of ether oxygens (including phenoxy) is 1. The molecule has 0 aliphatic heterocycles. The number of aryl methyl sites for hydroxylation is 1. The molecule has 0 aromatic heterocycles. The van der Waals surface area contributed by atoms with Crippen LogP contribution >= 0.6 is 15.9 Å². The van der Waals surface area contributed by atoms with Gasteiger partial charge in [-0.3, -0.25) is 4.79 Å². The van der Waals surface area contributed by atoms with Crippen molar-refractivity contribution in [3.8, 4) is 5.75 Å². The Bertz CT molecular complexity index is 490. The van der Waals surface area contributed by atoms with E-state index in [1.54, 1.807) is 7.11 Å². The Labute approximate surface area is 109 Å². The standard InChI is InChI=1S/C13H15BrO3/c1-7-6-9(14)8(2)11(17-3)10(7)13(4-5-13)12(15)16/h6H,4-5H2,1-3H3,(H,15,16). The molecule has 0 bridgehead atoms. The number of carbonyl (C=O) groups is 1. The Hall–Kier alpha value is -1.03. The molecule has 1 aliphatic carbocycles. The molecule has 1 aromatic carbocycles. The fraction of sp³-hybridized carbons (Fsp3) is 0.462. The highest BCUT2D eigenvalue weighted by Crippen LogP contribution is 2.54. The summed E-state index contributed by atoms with van der Waals surface area (Å²) >= 11 is 3.47. The molecule has 4 heteroatoms.